The van der Waals surface area contributed by atoms with Gasteiger partial charge in [0.25, 0.3) is 5.56 Å². The summed E-state index contributed by atoms with van der Waals surface area (Å²) in [6.45, 7) is 1.37. The molecule has 8 heteroatoms. The number of carbonyl (C=O) groups is 1. The van der Waals surface area contributed by atoms with Crippen LogP contribution in [0.3, 0.4) is 0 Å². The Bertz CT molecular complexity index is 856. The highest BCUT2D eigenvalue weighted by Crippen LogP contribution is 2.33. The van der Waals surface area contributed by atoms with Crippen molar-refractivity contribution in [3.8, 4) is 0 Å². The van der Waals surface area contributed by atoms with Crippen molar-refractivity contribution in [2.45, 2.75) is 38.8 Å². The number of nitrogens with one attached hydrogen (secondary N) is 1. The Morgan fingerprint density at radius 3 is 2.85 bits per heavy atom. The van der Waals surface area contributed by atoms with Crippen molar-refractivity contribution >= 4 is 27.5 Å². The van der Waals surface area contributed by atoms with Crippen LogP contribution in [0, 0.1) is 0 Å². The number of carbonyl (C=O) groups excluding carboxylic acids is 1. The van der Waals surface area contributed by atoms with Crippen LogP contribution in [0.15, 0.2) is 4.79 Å². The van der Waals surface area contributed by atoms with E-state index in [1.165, 1.54) is 15.9 Å². The maximum atomic E-state index is 13.2. The molecule has 0 aromatic carbocycles. The molecule has 3 rings (SSSR count). The maximum absolute atomic E-state index is 13.2. The van der Waals surface area contributed by atoms with Crippen molar-refractivity contribution in [1.82, 2.24) is 19.8 Å². The standard InChI is InChI=1S/C18H26N4O3S/c1-21(2)10-14-20-17-16(12-6-4-5-7-13(12)26-17)18(24)22(14)11-15(23)19-8-9-25-3/h4-11H2,1-3H3,(H,19,23). The fourth-order valence-electron chi connectivity index (χ4n) is 3.34. The molecule has 1 aliphatic rings. The van der Waals surface area contributed by atoms with E-state index in [-0.39, 0.29) is 18.0 Å². The SMILES string of the molecule is COCCNC(=O)Cn1c(CN(C)C)nc2sc3c(c2c1=O)CCCC3. The van der Waals surface area contributed by atoms with Gasteiger partial charge in [0.2, 0.25) is 5.91 Å². The molecule has 1 N–H and O–H groups in total. The smallest absolute Gasteiger partial charge is 0.263 e. The first-order valence-corrected chi connectivity index (χ1v) is 9.77. The number of hydrogen-bond donors (Lipinski definition) is 1. The number of thiophene rings is 1. The molecular weight excluding hydrogens is 352 g/mol. The molecule has 7 nitrogen and oxygen atoms in total. The van der Waals surface area contributed by atoms with E-state index in [0.717, 1.165) is 35.0 Å². The third-order valence-corrected chi connectivity index (χ3v) is 5.73. The minimum atomic E-state index is -0.200. The number of aromatic nitrogens is 2. The van der Waals surface area contributed by atoms with Gasteiger partial charge in [-0.3, -0.25) is 14.2 Å². The molecular formula is C18H26N4O3S. The molecule has 0 bridgehead atoms. The van der Waals surface area contributed by atoms with Gasteiger partial charge in [-0.05, 0) is 45.3 Å². The lowest BCUT2D eigenvalue weighted by Gasteiger charge is -2.16. The molecule has 1 aliphatic carbocycles. The molecule has 0 atom stereocenters. The summed E-state index contributed by atoms with van der Waals surface area (Å²) >= 11 is 1.64. The van der Waals surface area contributed by atoms with Crippen molar-refractivity contribution in [3.05, 3.63) is 26.6 Å². The molecule has 2 heterocycles. The van der Waals surface area contributed by atoms with Gasteiger partial charge in [-0.25, -0.2) is 4.98 Å². The summed E-state index contributed by atoms with van der Waals surface area (Å²) in [5.74, 6) is 0.433. The Morgan fingerprint density at radius 2 is 2.12 bits per heavy atom. The number of amides is 1. The van der Waals surface area contributed by atoms with E-state index in [0.29, 0.717) is 25.5 Å². The molecule has 0 unspecified atom stereocenters. The first-order valence-electron chi connectivity index (χ1n) is 8.95. The third-order valence-electron chi connectivity index (χ3n) is 4.54. The van der Waals surface area contributed by atoms with Gasteiger partial charge in [0, 0.05) is 18.5 Å². The highest BCUT2D eigenvalue weighted by molar-refractivity contribution is 7.18. The zero-order valence-electron chi connectivity index (χ0n) is 15.6. The number of rotatable bonds is 7. The van der Waals surface area contributed by atoms with Crippen molar-refractivity contribution in [1.29, 1.82) is 0 Å². The van der Waals surface area contributed by atoms with Crippen molar-refractivity contribution in [2.24, 2.45) is 0 Å². The molecule has 142 valence electrons. The van der Waals surface area contributed by atoms with Gasteiger partial charge in [0.1, 0.15) is 17.2 Å². The number of hydrogen-bond acceptors (Lipinski definition) is 6. The number of nitrogens with zero attached hydrogens (tertiary/aromatic N) is 3. The second-order valence-corrected chi connectivity index (χ2v) is 7.97. The second kappa shape index (κ2) is 8.28. The predicted molar refractivity (Wildman–Crippen MR) is 103 cm³/mol. The van der Waals surface area contributed by atoms with Crippen LogP contribution in [0.1, 0.15) is 29.1 Å². The number of ether oxygens (including phenoxy) is 1. The van der Waals surface area contributed by atoms with Crippen LogP contribution in [0.4, 0.5) is 0 Å². The molecule has 2 aromatic heterocycles. The summed E-state index contributed by atoms with van der Waals surface area (Å²) in [5, 5.41) is 3.50. The predicted octanol–water partition coefficient (Wildman–Crippen LogP) is 1.16. The topological polar surface area (TPSA) is 76.5 Å². The lowest BCUT2D eigenvalue weighted by Crippen LogP contribution is -2.36. The average molecular weight is 378 g/mol. The minimum absolute atomic E-state index is 0.0146. The summed E-state index contributed by atoms with van der Waals surface area (Å²) in [6, 6.07) is 0. The Balaban J connectivity index is 2.02. The fourth-order valence-corrected chi connectivity index (χ4v) is 4.61. The largest absolute Gasteiger partial charge is 0.383 e. The average Bonchev–Trinajstić information content (AvgIpc) is 2.96. The monoisotopic (exact) mass is 378 g/mol. The van der Waals surface area contributed by atoms with Gasteiger partial charge in [0.05, 0.1) is 18.5 Å². The van der Waals surface area contributed by atoms with Gasteiger partial charge >= 0.3 is 0 Å². The summed E-state index contributed by atoms with van der Waals surface area (Å²) in [6.07, 6.45) is 4.23. The van der Waals surface area contributed by atoms with Crippen molar-refractivity contribution in [3.63, 3.8) is 0 Å². The van der Waals surface area contributed by atoms with Gasteiger partial charge in [-0.2, -0.15) is 0 Å². The highest BCUT2D eigenvalue weighted by Gasteiger charge is 2.23. The molecule has 0 saturated heterocycles. The van der Waals surface area contributed by atoms with E-state index in [1.54, 1.807) is 18.4 Å². The molecule has 0 radical (unpaired) electrons. The van der Waals surface area contributed by atoms with E-state index >= 15 is 0 Å². The van der Waals surface area contributed by atoms with Crippen LogP contribution in [0.2, 0.25) is 0 Å². The van der Waals surface area contributed by atoms with Crippen LogP contribution in [-0.2, 0) is 35.5 Å². The molecule has 2 aromatic rings. The van der Waals surface area contributed by atoms with Crippen molar-refractivity contribution < 1.29 is 9.53 Å². The summed E-state index contributed by atoms with van der Waals surface area (Å²) < 4.78 is 6.48. The second-order valence-electron chi connectivity index (χ2n) is 6.89. The van der Waals surface area contributed by atoms with Crippen LogP contribution in [-0.4, -0.2) is 54.7 Å². The fraction of sp³-hybridized carbons (Fsp3) is 0.611. The van der Waals surface area contributed by atoms with Gasteiger partial charge in [-0.1, -0.05) is 0 Å². The molecule has 26 heavy (non-hydrogen) atoms. The maximum Gasteiger partial charge on any atom is 0.263 e. The van der Waals surface area contributed by atoms with Crippen LogP contribution in [0.25, 0.3) is 10.2 Å². The van der Waals surface area contributed by atoms with E-state index in [2.05, 4.69) is 5.32 Å². The van der Waals surface area contributed by atoms with Gasteiger partial charge in [0.15, 0.2) is 0 Å². The highest BCUT2D eigenvalue weighted by atomic mass is 32.1. The Morgan fingerprint density at radius 1 is 1.35 bits per heavy atom. The summed E-state index contributed by atoms with van der Waals surface area (Å²) in [7, 11) is 5.45. The summed E-state index contributed by atoms with van der Waals surface area (Å²) in [4.78, 5) is 34.3. The Hall–Kier alpha value is -1.77. The van der Waals surface area contributed by atoms with Gasteiger partial charge in [-0.15, -0.1) is 11.3 Å². The lowest BCUT2D eigenvalue weighted by molar-refractivity contribution is -0.121. The molecule has 0 aliphatic heterocycles. The van der Waals surface area contributed by atoms with Crippen molar-refractivity contribution in [2.75, 3.05) is 34.4 Å². The summed E-state index contributed by atoms with van der Waals surface area (Å²) in [5.41, 5.74) is 1.06. The van der Waals surface area contributed by atoms with E-state index in [1.807, 2.05) is 19.0 Å². The van der Waals surface area contributed by atoms with E-state index in [9.17, 15) is 9.59 Å². The zero-order valence-corrected chi connectivity index (χ0v) is 16.4. The normalized spacial score (nSPS) is 14.0. The Kier molecular flexibility index (Phi) is 6.05. The molecule has 0 fully saturated rings. The first kappa shape index (κ1) is 19.0. The molecule has 0 saturated carbocycles. The zero-order chi connectivity index (χ0) is 18.7. The number of fused-ring (bicyclic) bond motifs is 3. The van der Waals surface area contributed by atoms with Crippen LogP contribution >= 0.6 is 11.3 Å². The number of methoxy groups -OCH3 is 1. The van der Waals surface area contributed by atoms with E-state index < -0.39 is 0 Å². The first-order chi connectivity index (χ1) is 12.5. The van der Waals surface area contributed by atoms with Crippen LogP contribution in [0.5, 0.6) is 0 Å². The molecule has 1 amide bonds. The minimum Gasteiger partial charge on any atom is -0.383 e. The van der Waals surface area contributed by atoms with Crippen LogP contribution < -0.4 is 10.9 Å². The number of aryl methyl sites for hydroxylation is 2. The van der Waals surface area contributed by atoms with E-state index in [4.69, 9.17) is 9.72 Å². The molecule has 0 spiro atoms. The lowest BCUT2D eigenvalue weighted by atomic mass is 9.97. The third kappa shape index (κ3) is 3.97. The quantitative estimate of drug-likeness (QED) is 0.732. The Labute approximate surface area is 157 Å². The van der Waals surface area contributed by atoms with Gasteiger partial charge < -0.3 is 15.0 Å².